The molecule has 0 bridgehead atoms. The summed E-state index contributed by atoms with van der Waals surface area (Å²) >= 11 is 0. The number of amides is 1. The molecule has 124 valence electrons. The van der Waals surface area contributed by atoms with Crippen molar-refractivity contribution in [1.82, 2.24) is 9.88 Å². The molecule has 1 unspecified atom stereocenters. The van der Waals surface area contributed by atoms with Crippen LogP contribution in [0.25, 0.3) is 0 Å². The van der Waals surface area contributed by atoms with Crippen molar-refractivity contribution >= 4 is 6.09 Å². The van der Waals surface area contributed by atoms with Gasteiger partial charge in [-0.3, -0.25) is 9.88 Å². The standard InChI is InChI=1S/C20H22N2O2/c1-3-9-19(18-12-8-13-21-15-18)22(14-4-2)20(23)24-16-17-10-6-5-7-11-17/h3-8,10-13,15,19H,1-2,9,14,16H2. The molecule has 24 heavy (non-hydrogen) atoms. The quantitative estimate of drug-likeness (QED) is 0.671. The van der Waals surface area contributed by atoms with Gasteiger partial charge in [0.2, 0.25) is 0 Å². The number of rotatable bonds is 8. The van der Waals surface area contributed by atoms with E-state index < -0.39 is 0 Å². The number of hydrogen-bond acceptors (Lipinski definition) is 3. The molecule has 0 saturated heterocycles. The highest BCUT2D eigenvalue weighted by atomic mass is 16.6. The Morgan fingerprint density at radius 1 is 1.17 bits per heavy atom. The molecule has 2 rings (SSSR count). The maximum Gasteiger partial charge on any atom is 0.410 e. The fourth-order valence-corrected chi connectivity index (χ4v) is 2.44. The van der Waals surface area contributed by atoms with Gasteiger partial charge in [0.25, 0.3) is 0 Å². The topological polar surface area (TPSA) is 42.4 Å². The summed E-state index contributed by atoms with van der Waals surface area (Å²) < 4.78 is 5.48. The van der Waals surface area contributed by atoms with E-state index in [1.165, 1.54) is 0 Å². The molecule has 0 spiro atoms. The molecule has 1 amide bonds. The number of carbonyl (C=O) groups excluding carboxylic acids is 1. The van der Waals surface area contributed by atoms with E-state index in [0.717, 1.165) is 11.1 Å². The Morgan fingerprint density at radius 2 is 1.96 bits per heavy atom. The van der Waals surface area contributed by atoms with Crippen molar-refractivity contribution in [2.45, 2.75) is 19.1 Å². The number of benzene rings is 1. The van der Waals surface area contributed by atoms with Crippen LogP contribution in [0.5, 0.6) is 0 Å². The van der Waals surface area contributed by atoms with Gasteiger partial charge in [0.15, 0.2) is 0 Å². The molecule has 0 N–H and O–H groups in total. The summed E-state index contributed by atoms with van der Waals surface area (Å²) in [6.07, 6.45) is 7.18. The summed E-state index contributed by atoms with van der Waals surface area (Å²) in [5.41, 5.74) is 1.89. The summed E-state index contributed by atoms with van der Waals surface area (Å²) in [5.74, 6) is 0. The lowest BCUT2D eigenvalue weighted by Crippen LogP contribution is -2.35. The minimum Gasteiger partial charge on any atom is -0.445 e. The highest BCUT2D eigenvalue weighted by Crippen LogP contribution is 2.25. The molecule has 1 atom stereocenters. The van der Waals surface area contributed by atoms with E-state index in [2.05, 4.69) is 18.1 Å². The van der Waals surface area contributed by atoms with E-state index in [0.29, 0.717) is 13.0 Å². The normalized spacial score (nSPS) is 11.3. The molecular weight excluding hydrogens is 300 g/mol. The number of hydrogen-bond donors (Lipinski definition) is 0. The van der Waals surface area contributed by atoms with Gasteiger partial charge >= 0.3 is 6.09 Å². The molecule has 0 fully saturated rings. The van der Waals surface area contributed by atoms with Crippen LogP contribution >= 0.6 is 0 Å². The van der Waals surface area contributed by atoms with Crippen molar-refractivity contribution in [3.8, 4) is 0 Å². The van der Waals surface area contributed by atoms with Crippen LogP contribution in [0.4, 0.5) is 4.79 Å². The molecular formula is C20H22N2O2. The molecule has 4 heteroatoms. The van der Waals surface area contributed by atoms with E-state index in [9.17, 15) is 4.79 Å². The van der Waals surface area contributed by atoms with Crippen LogP contribution in [0.1, 0.15) is 23.6 Å². The molecule has 0 saturated carbocycles. The van der Waals surface area contributed by atoms with Gasteiger partial charge in [-0.25, -0.2) is 4.79 Å². The van der Waals surface area contributed by atoms with Crippen molar-refractivity contribution in [2.24, 2.45) is 0 Å². The summed E-state index contributed by atoms with van der Waals surface area (Å²) in [7, 11) is 0. The average Bonchev–Trinajstić information content (AvgIpc) is 2.64. The Kier molecular flexibility index (Phi) is 6.77. The molecule has 0 aliphatic rings. The second kappa shape index (κ2) is 9.30. The lowest BCUT2D eigenvalue weighted by Gasteiger charge is -2.29. The molecule has 0 radical (unpaired) electrons. The average molecular weight is 322 g/mol. The summed E-state index contributed by atoms with van der Waals surface area (Å²) in [5, 5.41) is 0. The Labute approximate surface area is 143 Å². The Balaban J connectivity index is 2.14. The van der Waals surface area contributed by atoms with Gasteiger partial charge < -0.3 is 4.74 Å². The molecule has 1 heterocycles. The first kappa shape index (κ1) is 17.5. The summed E-state index contributed by atoms with van der Waals surface area (Å²) in [4.78, 5) is 18.4. The van der Waals surface area contributed by atoms with Crippen LogP contribution in [-0.2, 0) is 11.3 Å². The third-order valence-electron chi connectivity index (χ3n) is 3.60. The Morgan fingerprint density at radius 3 is 2.58 bits per heavy atom. The maximum atomic E-state index is 12.6. The molecule has 1 aromatic heterocycles. The SMILES string of the molecule is C=CCC(c1cccnc1)N(CC=C)C(=O)OCc1ccccc1. The number of nitrogens with zero attached hydrogens (tertiary/aromatic N) is 2. The smallest absolute Gasteiger partial charge is 0.410 e. The fourth-order valence-electron chi connectivity index (χ4n) is 2.44. The predicted octanol–water partition coefficient (Wildman–Crippen LogP) is 4.52. The van der Waals surface area contributed by atoms with E-state index >= 15 is 0 Å². The van der Waals surface area contributed by atoms with Crippen LogP contribution < -0.4 is 0 Å². The summed E-state index contributed by atoms with van der Waals surface area (Å²) in [6, 6.07) is 13.2. The van der Waals surface area contributed by atoms with Crippen molar-refractivity contribution in [1.29, 1.82) is 0 Å². The first-order valence-corrected chi connectivity index (χ1v) is 7.85. The van der Waals surface area contributed by atoms with E-state index in [1.54, 1.807) is 29.4 Å². The van der Waals surface area contributed by atoms with Crippen LogP contribution in [0.15, 0.2) is 80.2 Å². The molecule has 0 aliphatic heterocycles. The third kappa shape index (κ3) is 4.81. The third-order valence-corrected chi connectivity index (χ3v) is 3.60. The van der Waals surface area contributed by atoms with Gasteiger partial charge in [-0.15, -0.1) is 13.2 Å². The molecule has 4 nitrogen and oxygen atoms in total. The molecule has 2 aromatic rings. The monoisotopic (exact) mass is 322 g/mol. The largest absolute Gasteiger partial charge is 0.445 e. The fraction of sp³-hybridized carbons (Fsp3) is 0.200. The number of ether oxygens (including phenoxy) is 1. The van der Waals surface area contributed by atoms with E-state index in [1.807, 2.05) is 42.5 Å². The van der Waals surface area contributed by atoms with Gasteiger partial charge in [-0.05, 0) is 23.6 Å². The predicted molar refractivity (Wildman–Crippen MR) is 95.3 cm³/mol. The second-order valence-electron chi connectivity index (χ2n) is 5.31. The first-order valence-electron chi connectivity index (χ1n) is 7.85. The van der Waals surface area contributed by atoms with Gasteiger partial charge in [0.05, 0.1) is 6.04 Å². The van der Waals surface area contributed by atoms with Crippen LogP contribution in [0.2, 0.25) is 0 Å². The molecule has 1 aromatic carbocycles. The van der Waals surface area contributed by atoms with Gasteiger partial charge in [-0.2, -0.15) is 0 Å². The lowest BCUT2D eigenvalue weighted by atomic mass is 10.0. The van der Waals surface area contributed by atoms with Crippen molar-refractivity contribution in [2.75, 3.05) is 6.54 Å². The minimum absolute atomic E-state index is 0.183. The number of pyridine rings is 1. The number of carbonyl (C=O) groups is 1. The van der Waals surface area contributed by atoms with Crippen LogP contribution in [0, 0.1) is 0 Å². The Hall–Kier alpha value is -2.88. The first-order chi connectivity index (χ1) is 11.8. The zero-order valence-electron chi connectivity index (χ0n) is 13.7. The van der Waals surface area contributed by atoms with E-state index in [4.69, 9.17) is 4.74 Å². The van der Waals surface area contributed by atoms with E-state index in [-0.39, 0.29) is 18.7 Å². The zero-order chi connectivity index (χ0) is 17.2. The number of aromatic nitrogens is 1. The van der Waals surface area contributed by atoms with Crippen molar-refractivity contribution in [3.05, 3.63) is 91.3 Å². The minimum atomic E-state index is -0.380. The lowest BCUT2D eigenvalue weighted by molar-refractivity contribution is 0.0852. The maximum absolute atomic E-state index is 12.6. The van der Waals surface area contributed by atoms with Crippen LogP contribution in [-0.4, -0.2) is 22.5 Å². The Bertz CT molecular complexity index is 656. The highest BCUT2D eigenvalue weighted by Gasteiger charge is 2.24. The highest BCUT2D eigenvalue weighted by molar-refractivity contribution is 5.68. The summed E-state index contributed by atoms with van der Waals surface area (Å²) in [6.45, 7) is 8.17. The van der Waals surface area contributed by atoms with Crippen molar-refractivity contribution < 1.29 is 9.53 Å². The molecule has 0 aliphatic carbocycles. The second-order valence-corrected chi connectivity index (χ2v) is 5.31. The van der Waals surface area contributed by atoms with Crippen molar-refractivity contribution in [3.63, 3.8) is 0 Å². The van der Waals surface area contributed by atoms with Crippen LogP contribution in [0.3, 0.4) is 0 Å². The zero-order valence-corrected chi connectivity index (χ0v) is 13.7. The van der Waals surface area contributed by atoms with Gasteiger partial charge in [0, 0.05) is 18.9 Å². The van der Waals surface area contributed by atoms with Gasteiger partial charge in [0.1, 0.15) is 6.61 Å². The van der Waals surface area contributed by atoms with Gasteiger partial charge in [-0.1, -0.05) is 48.6 Å².